The highest BCUT2D eigenvalue weighted by Crippen LogP contribution is 2.45. The number of carbonyl (C=O) groups is 2. The van der Waals surface area contributed by atoms with Crippen molar-refractivity contribution in [3.8, 4) is 5.75 Å². The number of aromatic hydroxyl groups is 1. The van der Waals surface area contributed by atoms with Gasteiger partial charge in [0.1, 0.15) is 11.6 Å². The summed E-state index contributed by atoms with van der Waals surface area (Å²) in [5, 5.41) is 9.69. The van der Waals surface area contributed by atoms with Crippen LogP contribution in [0.2, 0.25) is 5.02 Å². The van der Waals surface area contributed by atoms with E-state index in [0.29, 0.717) is 25.2 Å². The summed E-state index contributed by atoms with van der Waals surface area (Å²) in [6.07, 6.45) is 0. The second-order valence-corrected chi connectivity index (χ2v) is 7.88. The quantitative estimate of drug-likeness (QED) is 0.836. The third kappa shape index (κ3) is 3.22. The highest BCUT2D eigenvalue weighted by molar-refractivity contribution is 6.32. The first-order valence-corrected chi connectivity index (χ1v) is 9.53. The lowest BCUT2D eigenvalue weighted by atomic mass is 9.89. The first kappa shape index (κ1) is 18.7. The zero-order chi connectivity index (χ0) is 20.0. The predicted molar refractivity (Wildman–Crippen MR) is 103 cm³/mol. The van der Waals surface area contributed by atoms with Crippen LogP contribution in [0, 0.1) is 17.7 Å². The Kier molecular flexibility index (Phi) is 4.75. The molecule has 2 fully saturated rings. The van der Waals surface area contributed by atoms with Gasteiger partial charge in [0.25, 0.3) is 5.91 Å². The van der Waals surface area contributed by atoms with Gasteiger partial charge in [0, 0.05) is 44.0 Å². The van der Waals surface area contributed by atoms with Crippen molar-refractivity contribution in [2.24, 2.45) is 11.8 Å². The topological polar surface area (TPSA) is 60.9 Å². The Balaban J connectivity index is 1.60. The molecule has 2 aliphatic rings. The molecule has 0 bridgehead atoms. The number of benzene rings is 2. The summed E-state index contributed by atoms with van der Waals surface area (Å²) < 4.78 is 13.8. The van der Waals surface area contributed by atoms with Crippen molar-refractivity contribution in [3.05, 3.63) is 64.4 Å². The van der Waals surface area contributed by atoms with E-state index >= 15 is 0 Å². The van der Waals surface area contributed by atoms with Crippen molar-refractivity contribution in [1.29, 1.82) is 0 Å². The van der Waals surface area contributed by atoms with Crippen molar-refractivity contribution >= 4 is 23.4 Å². The molecule has 146 valence electrons. The maximum Gasteiger partial charge on any atom is 0.253 e. The molecule has 28 heavy (non-hydrogen) atoms. The van der Waals surface area contributed by atoms with Crippen LogP contribution < -0.4 is 0 Å². The average molecular weight is 403 g/mol. The van der Waals surface area contributed by atoms with Gasteiger partial charge in [0.15, 0.2) is 0 Å². The third-order valence-electron chi connectivity index (χ3n) is 5.74. The first-order chi connectivity index (χ1) is 13.3. The summed E-state index contributed by atoms with van der Waals surface area (Å²) >= 11 is 5.93. The second-order valence-electron chi connectivity index (χ2n) is 7.47. The minimum Gasteiger partial charge on any atom is -0.506 e. The van der Waals surface area contributed by atoms with E-state index in [1.165, 1.54) is 31.2 Å². The Morgan fingerprint density at radius 3 is 2.61 bits per heavy atom. The van der Waals surface area contributed by atoms with Crippen LogP contribution in [0.4, 0.5) is 4.39 Å². The molecule has 2 aromatic carbocycles. The van der Waals surface area contributed by atoms with E-state index < -0.39 is 0 Å². The van der Waals surface area contributed by atoms with Crippen LogP contribution in [0.1, 0.15) is 28.9 Å². The van der Waals surface area contributed by atoms with Crippen LogP contribution in [0.15, 0.2) is 42.5 Å². The smallest absolute Gasteiger partial charge is 0.253 e. The summed E-state index contributed by atoms with van der Waals surface area (Å²) in [6.45, 7) is 3.07. The van der Waals surface area contributed by atoms with Crippen molar-refractivity contribution in [2.45, 2.75) is 13.0 Å². The fraction of sp³-hybridized carbons (Fsp3) is 0.333. The lowest BCUT2D eigenvalue weighted by molar-refractivity contribution is -0.130. The fourth-order valence-electron chi connectivity index (χ4n) is 4.48. The van der Waals surface area contributed by atoms with Crippen LogP contribution in [-0.4, -0.2) is 46.4 Å². The Morgan fingerprint density at radius 1 is 1.14 bits per heavy atom. The normalized spacial score (nSPS) is 23.8. The molecule has 2 aliphatic heterocycles. The van der Waals surface area contributed by atoms with Crippen molar-refractivity contribution in [2.75, 3.05) is 19.6 Å². The fourth-order valence-corrected chi connectivity index (χ4v) is 4.66. The lowest BCUT2D eigenvalue weighted by Crippen LogP contribution is -2.36. The number of nitrogens with zero attached hydrogens (tertiary/aromatic N) is 2. The highest BCUT2D eigenvalue weighted by Gasteiger charge is 2.49. The Labute approximate surface area is 167 Å². The molecule has 2 saturated heterocycles. The number of phenolic OH excluding ortho intramolecular Hbond substituents is 1. The third-order valence-corrected chi connectivity index (χ3v) is 6.04. The number of fused-ring (bicyclic) bond motifs is 1. The van der Waals surface area contributed by atoms with E-state index in [1.807, 2.05) is 6.07 Å². The first-order valence-electron chi connectivity index (χ1n) is 9.15. The van der Waals surface area contributed by atoms with E-state index in [2.05, 4.69) is 0 Å². The van der Waals surface area contributed by atoms with E-state index in [0.717, 1.165) is 5.56 Å². The number of carbonyl (C=O) groups excluding carboxylic acids is 2. The molecule has 2 amide bonds. The number of halogens is 2. The van der Waals surface area contributed by atoms with Crippen molar-refractivity contribution in [1.82, 2.24) is 9.80 Å². The minimum atomic E-state index is -0.339. The molecule has 4 rings (SSSR count). The number of amides is 2. The van der Waals surface area contributed by atoms with E-state index in [4.69, 9.17) is 11.6 Å². The number of rotatable bonds is 2. The molecule has 2 aromatic rings. The molecule has 0 radical (unpaired) electrons. The zero-order valence-electron chi connectivity index (χ0n) is 15.3. The molecule has 7 heteroatoms. The summed E-state index contributed by atoms with van der Waals surface area (Å²) in [7, 11) is 0. The van der Waals surface area contributed by atoms with Crippen molar-refractivity contribution in [3.63, 3.8) is 0 Å². The van der Waals surface area contributed by atoms with Gasteiger partial charge in [-0.2, -0.15) is 0 Å². The highest BCUT2D eigenvalue weighted by atomic mass is 35.5. The van der Waals surface area contributed by atoms with E-state index in [1.54, 1.807) is 21.9 Å². The molecule has 0 spiro atoms. The van der Waals surface area contributed by atoms with Crippen LogP contribution in [-0.2, 0) is 4.79 Å². The Morgan fingerprint density at radius 2 is 1.93 bits per heavy atom. The zero-order valence-corrected chi connectivity index (χ0v) is 16.1. The Hall–Kier alpha value is -2.60. The minimum absolute atomic E-state index is 0.0437. The molecule has 0 aromatic heterocycles. The predicted octanol–water partition coefficient (Wildman–Crippen LogP) is 3.48. The van der Waals surface area contributed by atoms with E-state index in [9.17, 15) is 19.1 Å². The molecule has 5 nitrogen and oxygen atoms in total. The summed E-state index contributed by atoms with van der Waals surface area (Å²) in [5.74, 6) is -0.444. The van der Waals surface area contributed by atoms with Gasteiger partial charge >= 0.3 is 0 Å². The monoisotopic (exact) mass is 402 g/mol. The van der Waals surface area contributed by atoms with Crippen LogP contribution in [0.5, 0.6) is 5.75 Å². The summed E-state index contributed by atoms with van der Waals surface area (Å²) in [4.78, 5) is 28.6. The summed E-state index contributed by atoms with van der Waals surface area (Å²) in [5.41, 5.74) is 1.16. The van der Waals surface area contributed by atoms with Crippen molar-refractivity contribution < 1.29 is 19.1 Å². The van der Waals surface area contributed by atoms with Gasteiger partial charge in [0.2, 0.25) is 5.91 Å². The summed E-state index contributed by atoms with van der Waals surface area (Å²) in [6, 6.07) is 10.5. The maximum atomic E-state index is 13.8. The number of likely N-dealkylation sites (tertiary alicyclic amines) is 2. The van der Waals surface area contributed by atoms with Gasteiger partial charge in [-0.25, -0.2) is 4.39 Å². The number of hydrogen-bond donors (Lipinski definition) is 1. The van der Waals surface area contributed by atoms with Gasteiger partial charge in [-0.1, -0.05) is 23.7 Å². The average Bonchev–Trinajstić information content (AvgIpc) is 3.21. The molecule has 2 heterocycles. The largest absolute Gasteiger partial charge is 0.506 e. The Bertz CT molecular complexity index is 951. The molecule has 1 N–H and O–H groups in total. The molecular formula is C21H20ClFN2O3. The van der Waals surface area contributed by atoms with E-state index in [-0.39, 0.29) is 46.3 Å². The van der Waals surface area contributed by atoms with Gasteiger partial charge in [-0.15, -0.1) is 0 Å². The van der Waals surface area contributed by atoms with Crippen LogP contribution in [0.3, 0.4) is 0 Å². The SMILES string of the molecule is CC(=O)N1C[C@H]2CN(C(=O)c3ccc(O)c(Cl)c3)C[C@H]2[C@H]1c1cccc(F)c1. The van der Waals surface area contributed by atoms with Gasteiger partial charge < -0.3 is 14.9 Å². The number of hydrogen-bond acceptors (Lipinski definition) is 3. The second kappa shape index (κ2) is 7.09. The standard InChI is InChI=1S/C21H20ClFN2O3/c1-12(26)25-10-15-9-24(21(28)14-5-6-19(27)18(22)8-14)11-17(15)20(25)13-3-2-4-16(23)7-13/h2-8,15,17,20,27H,9-11H2,1H3/t15-,17-,20-/m1/s1. The van der Waals surface area contributed by atoms with Gasteiger partial charge in [-0.3, -0.25) is 9.59 Å². The molecule has 0 saturated carbocycles. The molecule has 0 aliphatic carbocycles. The number of phenols is 1. The molecule has 0 unspecified atom stereocenters. The molecular weight excluding hydrogens is 383 g/mol. The lowest BCUT2D eigenvalue weighted by Gasteiger charge is -2.29. The van der Waals surface area contributed by atoms with Crippen LogP contribution in [0.25, 0.3) is 0 Å². The molecule has 3 atom stereocenters. The van der Waals surface area contributed by atoms with Gasteiger partial charge in [-0.05, 0) is 35.9 Å². The van der Waals surface area contributed by atoms with Crippen LogP contribution >= 0.6 is 11.6 Å². The maximum absolute atomic E-state index is 13.8. The van der Waals surface area contributed by atoms with Gasteiger partial charge in [0.05, 0.1) is 11.1 Å².